The van der Waals surface area contributed by atoms with Gasteiger partial charge in [0.25, 0.3) is 0 Å². The van der Waals surface area contributed by atoms with Crippen LogP contribution in [0.3, 0.4) is 0 Å². The van der Waals surface area contributed by atoms with Crippen molar-refractivity contribution in [1.29, 1.82) is 5.26 Å². The largest absolute Gasteiger partial charge is 0.383 e. The minimum absolute atomic E-state index is 0.638. The maximum absolute atomic E-state index is 8.88. The van der Waals surface area contributed by atoms with Gasteiger partial charge in [-0.1, -0.05) is 12.1 Å². The Balaban J connectivity index is 2.78. The SMILES string of the molecule is COCCNc1c(C)cccc1C#N. The lowest BCUT2D eigenvalue weighted by Gasteiger charge is -2.10. The number of ether oxygens (including phenoxy) is 1. The molecule has 0 aliphatic carbocycles. The van der Waals surface area contributed by atoms with Crippen LogP contribution in [0.4, 0.5) is 5.69 Å². The molecule has 1 rings (SSSR count). The van der Waals surface area contributed by atoms with E-state index >= 15 is 0 Å². The quantitative estimate of drug-likeness (QED) is 0.738. The Labute approximate surface area is 84.3 Å². The molecule has 0 amide bonds. The van der Waals surface area contributed by atoms with Crippen molar-refractivity contribution in [1.82, 2.24) is 0 Å². The minimum atomic E-state index is 0.638. The number of hydrogen-bond donors (Lipinski definition) is 1. The molecule has 3 heteroatoms. The third-order valence-corrected chi connectivity index (χ3v) is 2.00. The zero-order valence-electron chi connectivity index (χ0n) is 8.50. The average Bonchev–Trinajstić information content (AvgIpc) is 2.20. The summed E-state index contributed by atoms with van der Waals surface area (Å²) in [4.78, 5) is 0. The van der Waals surface area contributed by atoms with Crippen molar-refractivity contribution in [3.8, 4) is 6.07 Å². The maximum Gasteiger partial charge on any atom is 0.101 e. The van der Waals surface area contributed by atoms with Crippen LogP contribution in [0.15, 0.2) is 18.2 Å². The summed E-state index contributed by atoms with van der Waals surface area (Å²) >= 11 is 0. The fourth-order valence-electron chi connectivity index (χ4n) is 1.27. The number of para-hydroxylation sites is 1. The summed E-state index contributed by atoms with van der Waals surface area (Å²) in [7, 11) is 1.66. The van der Waals surface area contributed by atoms with Gasteiger partial charge in [-0.05, 0) is 18.6 Å². The van der Waals surface area contributed by atoms with Crippen LogP contribution in [0.25, 0.3) is 0 Å². The molecule has 0 unspecified atom stereocenters. The highest BCUT2D eigenvalue weighted by atomic mass is 16.5. The van der Waals surface area contributed by atoms with Gasteiger partial charge < -0.3 is 10.1 Å². The molecule has 0 saturated heterocycles. The monoisotopic (exact) mass is 190 g/mol. The van der Waals surface area contributed by atoms with Crippen molar-refractivity contribution in [2.24, 2.45) is 0 Å². The van der Waals surface area contributed by atoms with E-state index in [4.69, 9.17) is 10.00 Å². The van der Waals surface area contributed by atoms with Crippen molar-refractivity contribution in [3.05, 3.63) is 29.3 Å². The van der Waals surface area contributed by atoms with E-state index in [0.29, 0.717) is 12.2 Å². The average molecular weight is 190 g/mol. The fraction of sp³-hybridized carbons (Fsp3) is 0.364. The highest BCUT2D eigenvalue weighted by Gasteiger charge is 2.03. The second-order valence-electron chi connectivity index (χ2n) is 3.03. The van der Waals surface area contributed by atoms with Crippen molar-refractivity contribution in [3.63, 3.8) is 0 Å². The standard InChI is InChI=1S/C11H14N2O/c1-9-4-3-5-10(8-12)11(9)13-6-7-14-2/h3-5,13H,6-7H2,1-2H3. The number of anilines is 1. The van der Waals surface area contributed by atoms with Gasteiger partial charge in [-0.25, -0.2) is 0 Å². The van der Waals surface area contributed by atoms with Gasteiger partial charge in [0.1, 0.15) is 6.07 Å². The second kappa shape index (κ2) is 5.25. The molecule has 0 atom stereocenters. The first-order chi connectivity index (χ1) is 6.79. The zero-order chi connectivity index (χ0) is 10.4. The lowest BCUT2D eigenvalue weighted by Crippen LogP contribution is -2.09. The summed E-state index contributed by atoms with van der Waals surface area (Å²) in [6.45, 7) is 3.34. The third kappa shape index (κ3) is 2.48. The molecule has 3 nitrogen and oxygen atoms in total. The molecule has 0 fully saturated rings. The molecule has 0 saturated carbocycles. The van der Waals surface area contributed by atoms with Crippen molar-refractivity contribution < 1.29 is 4.74 Å². The Kier molecular flexibility index (Phi) is 3.96. The Hall–Kier alpha value is -1.53. The number of hydrogen-bond acceptors (Lipinski definition) is 3. The summed E-state index contributed by atoms with van der Waals surface area (Å²) in [5, 5.41) is 12.1. The van der Waals surface area contributed by atoms with Gasteiger partial charge >= 0.3 is 0 Å². The molecule has 0 aromatic heterocycles. The van der Waals surface area contributed by atoms with Crippen molar-refractivity contribution in [2.75, 3.05) is 25.6 Å². The van der Waals surface area contributed by atoms with Crippen LogP contribution in [0.5, 0.6) is 0 Å². The van der Waals surface area contributed by atoms with Crippen LogP contribution in [0, 0.1) is 18.3 Å². The zero-order valence-corrected chi connectivity index (χ0v) is 8.50. The van der Waals surface area contributed by atoms with Gasteiger partial charge in [0, 0.05) is 13.7 Å². The number of nitrogens with one attached hydrogen (secondary N) is 1. The Morgan fingerprint density at radius 3 is 2.93 bits per heavy atom. The van der Waals surface area contributed by atoms with Gasteiger partial charge in [-0.15, -0.1) is 0 Å². The summed E-state index contributed by atoms with van der Waals surface area (Å²) in [5.41, 5.74) is 2.67. The summed E-state index contributed by atoms with van der Waals surface area (Å²) < 4.78 is 4.93. The number of nitrogens with zero attached hydrogens (tertiary/aromatic N) is 1. The summed E-state index contributed by atoms with van der Waals surface area (Å²) in [6, 6.07) is 7.83. The highest BCUT2D eigenvalue weighted by Crippen LogP contribution is 2.18. The molecule has 14 heavy (non-hydrogen) atoms. The third-order valence-electron chi connectivity index (χ3n) is 2.00. The summed E-state index contributed by atoms with van der Waals surface area (Å²) in [6.07, 6.45) is 0. The van der Waals surface area contributed by atoms with E-state index in [1.54, 1.807) is 7.11 Å². The van der Waals surface area contributed by atoms with Crippen LogP contribution in [0.2, 0.25) is 0 Å². The van der Waals surface area contributed by atoms with Gasteiger partial charge in [0.2, 0.25) is 0 Å². The minimum Gasteiger partial charge on any atom is -0.383 e. The molecular formula is C11H14N2O. The lowest BCUT2D eigenvalue weighted by molar-refractivity contribution is 0.211. The topological polar surface area (TPSA) is 45.0 Å². The van der Waals surface area contributed by atoms with Crippen LogP contribution >= 0.6 is 0 Å². The van der Waals surface area contributed by atoms with Gasteiger partial charge in [-0.3, -0.25) is 0 Å². The molecule has 74 valence electrons. The lowest BCUT2D eigenvalue weighted by atomic mass is 10.1. The Morgan fingerprint density at radius 1 is 1.50 bits per heavy atom. The number of benzene rings is 1. The van der Waals surface area contributed by atoms with Crippen LogP contribution in [0.1, 0.15) is 11.1 Å². The molecule has 0 aliphatic rings. The van der Waals surface area contributed by atoms with E-state index < -0.39 is 0 Å². The van der Waals surface area contributed by atoms with Gasteiger partial charge in [0.05, 0.1) is 17.9 Å². The van der Waals surface area contributed by atoms with Crippen LogP contribution in [-0.2, 0) is 4.74 Å². The second-order valence-corrected chi connectivity index (χ2v) is 3.03. The summed E-state index contributed by atoms with van der Waals surface area (Å²) in [5.74, 6) is 0. The van der Waals surface area contributed by atoms with E-state index in [9.17, 15) is 0 Å². The first kappa shape index (κ1) is 10.6. The molecule has 0 radical (unpaired) electrons. The predicted octanol–water partition coefficient (Wildman–Crippen LogP) is 1.93. The molecule has 0 bridgehead atoms. The number of aryl methyl sites for hydroxylation is 1. The van der Waals surface area contributed by atoms with E-state index in [0.717, 1.165) is 17.8 Å². The Bertz CT molecular complexity index is 342. The molecule has 1 aromatic rings. The van der Waals surface area contributed by atoms with E-state index in [1.807, 2.05) is 25.1 Å². The first-order valence-corrected chi connectivity index (χ1v) is 4.52. The predicted molar refractivity (Wildman–Crippen MR) is 56.3 cm³/mol. The number of methoxy groups -OCH3 is 1. The maximum atomic E-state index is 8.88. The van der Waals surface area contributed by atoms with E-state index in [-0.39, 0.29) is 0 Å². The molecule has 0 spiro atoms. The molecule has 0 heterocycles. The Morgan fingerprint density at radius 2 is 2.29 bits per heavy atom. The highest BCUT2D eigenvalue weighted by molar-refractivity contribution is 5.62. The molecule has 1 N–H and O–H groups in total. The van der Waals surface area contributed by atoms with Gasteiger partial charge in [-0.2, -0.15) is 5.26 Å². The van der Waals surface area contributed by atoms with Gasteiger partial charge in [0.15, 0.2) is 0 Å². The van der Waals surface area contributed by atoms with E-state index in [1.165, 1.54) is 0 Å². The molecule has 1 aromatic carbocycles. The first-order valence-electron chi connectivity index (χ1n) is 4.52. The van der Waals surface area contributed by atoms with Crippen molar-refractivity contribution in [2.45, 2.75) is 6.92 Å². The smallest absolute Gasteiger partial charge is 0.101 e. The molecular weight excluding hydrogens is 176 g/mol. The normalized spacial score (nSPS) is 9.50. The van der Waals surface area contributed by atoms with Crippen LogP contribution in [-0.4, -0.2) is 20.3 Å². The van der Waals surface area contributed by atoms with E-state index in [2.05, 4.69) is 11.4 Å². The number of rotatable bonds is 4. The molecule has 0 aliphatic heterocycles. The number of nitriles is 1. The van der Waals surface area contributed by atoms with Crippen LogP contribution < -0.4 is 5.32 Å². The fourth-order valence-corrected chi connectivity index (χ4v) is 1.27. The van der Waals surface area contributed by atoms with Crippen molar-refractivity contribution >= 4 is 5.69 Å².